The van der Waals surface area contributed by atoms with E-state index in [0.29, 0.717) is 0 Å². The van der Waals surface area contributed by atoms with Gasteiger partial charge in [0, 0.05) is 6.08 Å². The summed E-state index contributed by atoms with van der Waals surface area (Å²) in [6, 6.07) is 0. The van der Waals surface area contributed by atoms with Crippen molar-refractivity contribution in [2.45, 2.75) is 0 Å². The Bertz CT molecular complexity index is 215. The van der Waals surface area contributed by atoms with E-state index in [-0.39, 0.29) is 29.6 Å². The molecule has 12 heavy (non-hydrogen) atoms. The van der Waals surface area contributed by atoms with E-state index in [1.54, 1.807) is 0 Å². The van der Waals surface area contributed by atoms with Gasteiger partial charge in [-0.25, -0.2) is 9.00 Å². The third-order valence-corrected chi connectivity index (χ3v) is 1.62. The third kappa shape index (κ3) is 8.53. The summed E-state index contributed by atoms with van der Waals surface area (Å²) in [6.45, 7) is 2.97. The Labute approximate surface area is 96.0 Å². The minimum atomic E-state index is -2.98. The summed E-state index contributed by atoms with van der Waals surface area (Å²) >= 11 is -5.59. The topological polar surface area (TPSA) is 92.7 Å². The first-order valence-corrected chi connectivity index (χ1v) is 4.11. The van der Waals surface area contributed by atoms with E-state index in [2.05, 4.69) is 14.4 Å². The van der Waals surface area contributed by atoms with Crippen LogP contribution in [0.15, 0.2) is 12.7 Å². The van der Waals surface area contributed by atoms with Crippen LogP contribution < -0.4 is 29.6 Å². The van der Waals surface area contributed by atoms with Crippen molar-refractivity contribution in [1.82, 2.24) is 0 Å². The van der Waals surface area contributed by atoms with Crippen molar-refractivity contribution in [2.75, 3.05) is 0 Å². The summed E-state index contributed by atoms with van der Waals surface area (Å²) in [6.07, 6.45) is 0.717. The Morgan fingerprint density at radius 3 is 2.33 bits per heavy atom. The zero-order chi connectivity index (χ0) is 8.85. The van der Waals surface area contributed by atoms with Gasteiger partial charge in [0.25, 0.3) is 0 Å². The summed E-state index contributed by atoms with van der Waals surface area (Å²) in [5, 5.41) is 0. The van der Waals surface area contributed by atoms with Gasteiger partial charge in [-0.15, -0.1) is 0 Å². The van der Waals surface area contributed by atoms with Crippen LogP contribution in [0.25, 0.3) is 0 Å². The molecule has 0 saturated heterocycles. The zero-order valence-electron chi connectivity index (χ0n) is 6.05. The average Bonchev–Trinajstić information content (AvgIpc) is 1.85. The minimum absolute atomic E-state index is 0. The molecule has 6 nitrogen and oxygen atoms in total. The van der Waals surface area contributed by atoms with Crippen LogP contribution >= 0.6 is 0 Å². The van der Waals surface area contributed by atoms with Crippen LogP contribution in [0.3, 0.4) is 0 Å². The number of carbonyl (C=O) groups excluding carboxylic acids is 1. The van der Waals surface area contributed by atoms with Crippen molar-refractivity contribution in [3.63, 3.8) is 0 Å². The largest absolute Gasteiger partial charge is 1.00 e. The summed E-state index contributed by atoms with van der Waals surface area (Å²) < 4.78 is 36.9. The van der Waals surface area contributed by atoms with Gasteiger partial charge >= 0.3 is 46.9 Å². The molecule has 0 aliphatic rings. The Kier molecular flexibility index (Phi) is 10.0. The van der Waals surface area contributed by atoms with Gasteiger partial charge in [0.05, 0.1) is 0 Å². The first-order chi connectivity index (χ1) is 5.06. The van der Waals surface area contributed by atoms with Crippen molar-refractivity contribution in [3.05, 3.63) is 12.7 Å². The Morgan fingerprint density at radius 2 is 2.00 bits per heavy atom. The van der Waals surface area contributed by atoms with Crippen LogP contribution in [-0.4, -0.2) is 18.9 Å². The normalized spacial score (nSPS) is 13.8. The Hall–Kier alpha value is 0.430. The standard InChI is InChI=1S/C3H4O6S2.Na/c1-2-3(4)8-11(7)9-10(5)6;/h2H,1H2,(H,5,6);/q;+1/p-1. The first-order valence-electron chi connectivity index (χ1n) is 2.11. The van der Waals surface area contributed by atoms with Gasteiger partial charge in [-0.1, -0.05) is 6.58 Å². The molecule has 0 saturated carbocycles. The SMILES string of the molecule is C=CC(=O)OS(=O)OS(=O)[O-].[Na+]. The molecule has 0 bridgehead atoms. The van der Waals surface area contributed by atoms with E-state index in [1.165, 1.54) is 0 Å². The maximum Gasteiger partial charge on any atom is 1.00 e. The molecular weight excluding hydrogens is 219 g/mol. The summed E-state index contributed by atoms with van der Waals surface area (Å²) in [5.74, 6) is -1.03. The van der Waals surface area contributed by atoms with E-state index >= 15 is 0 Å². The molecule has 0 fully saturated rings. The van der Waals surface area contributed by atoms with Gasteiger partial charge in [0.2, 0.25) is 0 Å². The van der Waals surface area contributed by atoms with Crippen molar-refractivity contribution in [3.8, 4) is 0 Å². The smallest absolute Gasteiger partial charge is 0.749 e. The van der Waals surface area contributed by atoms with Crippen LogP contribution in [0, 0.1) is 0 Å². The Balaban J connectivity index is 0. The van der Waals surface area contributed by atoms with Gasteiger partial charge in [-0.3, -0.25) is 0 Å². The summed E-state index contributed by atoms with van der Waals surface area (Å²) in [7, 11) is 0. The molecule has 0 aliphatic carbocycles. The molecule has 64 valence electrons. The molecule has 9 heteroatoms. The number of rotatable bonds is 4. The minimum Gasteiger partial charge on any atom is -0.749 e. The van der Waals surface area contributed by atoms with Gasteiger partial charge < -0.3 is 8.74 Å². The Morgan fingerprint density at radius 1 is 1.50 bits per heavy atom. The van der Waals surface area contributed by atoms with Crippen LogP contribution in [0.1, 0.15) is 0 Å². The molecule has 2 unspecified atom stereocenters. The maximum absolute atomic E-state index is 10.2. The van der Waals surface area contributed by atoms with Gasteiger partial charge in [-0.05, 0) is 0 Å². The summed E-state index contributed by atoms with van der Waals surface area (Å²) in [5.41, 5.74) is 0. The fourth-order valence-electron chi connectivity index (χ4n) is 0.160. The van der Waals surface area contributed by atoms with E-state index in [4.69, 9.17) is 0 Å². The van der Waals surface area contributed by atoms with Crippen LogP contribution in [-0.2, 0) is 35.3 Å². The van der Waals surface area contributed by atoms with E-state index in [0.717, 1.165) is 6.08 Å². The fourth-order valence-corrected chi connectivity index (χ4v) is 0.836. The third-order valence-electron chi connectivity index (χ3n) is 0.428. The number of hydrogen-bond donors (Lipinski definition) is 0. The average molecular weight is 222 g/mol. The van der Waals surface area contributed by atoms with E-state index in [9.17, 15) is 17.8 Å². The number of hydrogen-bond acceptors (Lipinski definition) is 6. The maximum atomic E-state index is 10.2. The predicted molar refractivity (Wildman–Crippen MR) is 34.4 cm³/mol. The van der Waals surface area contributed by atoms with E-state index < -0.39 is 28.7 Å². The predicted octanol–water partition coefficient (Wildman–Crippen LogP) is -3.89. The monoisotopic (exact) mass is 222 g/mol. The van der Waals surface area contributed by atoms with Crippen LogP contribution in [0.2, 0.25) is 0 Å². The van der Waals surface area contributed by atoms with Crippen molar-refractivity contribution < 1.29 is 55.1 Å². The van der Waals surface area contributed by atoms with Crippen molar-refractivity contribution in [2.24, 2.45) is 0 Å². The molecule has 0 aromatic heterocycles. The molecule has 0 rings (SSSR count). The molecule has 0 radical (unpaired) electrons. The molecule has 0 amide bonds. The first kappa shape index (κ1) is 14.9. The zero-order valence-corrected chi connectivity index (χ0v) is 9.68. The summed E-state index contributed by atoms with van der Waals surface area (Å²) in [4.78, 5) is 10.2. The molecule has 0 aromatic rings. The second kappa shape index (κ2) is 8.05. The second-order valence-electron chi connectivity index (χ2n) is 1.08. The van der Waals surface area contributed by atoms with E-state index in [1.807, 2.05) is 0 Å². The van der Waals surface area contributed by atoms with Crippen LogP contribution in [0.5, 0.6) is 0 Å². The van der Waals surface area contributed by atoms with Gasteiger partial charge in [-0.2, -0.15) is 7.84 Å². The molecular formula is C3H3NaO6S2. The van der Waals surface area contributed by atoms with Gasteiger partial charge in [0.1, 0.15) is 11.4 Å². The molecule has 0 spiro atoms. The molecule has 0 aromatic carbocycles. The second-order valence-corrected chi connectivity index (χ2v) is 2.61. The quantitative estimate of drug-likeness (QED) is 0.274. The number of carbonyl (C=O) groups is 1. The molecule has 0 heterocycles. The molecule has 0 N–H and O–H groups in total. The fraction of sp³-hybridized carbons (Fsp3) is 0. The molecule has 0 aliphatic heterocycles. The molecule has 2 atom stereocenters. The van der Waals surface area contributed by atoms with Crippen LogP contribution in [0.4, 0.5) is 0 Å². The van der Waals surface area contributed by atoms with Gasteiger partial charge in [0.15, 0.2) is 0 Å². The van der Waals surface area contributed by atoms with Crippen molar-refractivity contribution >= 4 is 28.7 Å². The van der Waals surface area contributed by atoms with Crippen molar-refractivity contribution in [1.29, 1.82) is 0 Å².